The van der Waals surface area contributed by atoms with E-state index in [1.54, 1.807) is 18.9 Å². The van der Waals surface area contributed by atoms with Crippen LogP contribution in [0.1, 0.15) is 38.3 Å². The molecule has 2 aromatic rings. The summed E-state index contributed by atoms with van der Waals surface area (Å²) in [6, 6.07) is 17.3. The first-order valence-electron chi connectivity index (χ1n) is 10.2. The number of hydrogen-bond donors (Lipinski definition) is 0. The van der Waals surface area contributed by atoms with Crippen molar-refractivity contribution in [3.63, 3.8) is 0 Å². The van der Waals surface area contributed by atoms with E-state index in [1.165, 1.54) is 16.0 Å². The fourth-order valence-corrected chi connectivity index (χ4v) is 7.14. The molecule has 162 valence electrons. The molecule has 0 unspecified atom stereocenters. The van der Waals surface area contributed by atoms with Gasteiger partial charge in [-0.05, 0) is 55.7 Å². The molecule has 1 aliphatic heterocycles. The lowest BCUT2D eigenvalue weighted by Crippen LogP contribution is -2.26. The fraction of sp³-hybridized carbons (Fsp3) is 0.458. The van der Waals surface area contributed by atoms with Crippen molar-refractivity contribution in [3.8, 4) is 5.75 Å². The van der Waals surface area contributed by atoms with Gasteiger partial charge >= 0.3 is 5.97 Å². The minimum absolute atomic E-state index is 0.0588. The molecule has 0 spiro atoms. The lowest BCUT2D eigenvalue weighted by Gasteiger charge is -2.29. The quantitative estimate of drug-likeness (QED) is 0.242. The Morgan fingerprint density at radius 3 is 2.13 bits per heavy atom. The largest absolute Gasteiger partial charge is 0.497 e. The Kier molecular flexibility index (Phi) is 8.11. The number of rotatable bonds is 9. The summed E-state index contributed by atoms with van der Waals surface area (Å²) in [4.78, 5) is 13.3. The van der Waals surface area contributed by atoms with Crippen LogP contribution in [-0.2, 0) is 13.6 Å². The predicted molar refractivity (Wildman–Crippen MR) is 131 cm³/mol. The molecule has 30 heavy (non-hydrogen) atoms. The van der Waals surface area contributed by atoms with E-state index in [0.29, 0.717) is 6.61 Å². The van der Waals surface area contributed by atoms with E-state index in [2.05, 4.69) is 36.4 Å². The van der Waals surface area contributed by atoms with Gasteiger partial charge < -0.3 is 9.47 Å². The third kappa shape index (κ3) is 5.32. The Hall–Kier alpha value is -1.24. The van der Waals surface area contributed by atoms with Crippen molar-refractivity contribution in [2.24, 2.45) is 5.41 Å². The second kappa shape index (κ2) is 10.4. The summed E-state index contributed by atoms with van der Waals surface area (Å²) < 4.78 is 10.7. The van der Waals surface area contributed by atoms with Crippen molar-refractivity contribution >= 4 is 41.3 Å². The van der Waals surface area contributed by atoms with E-state index in [4.69, 9.17) is 9.47 Å². The standard InChI is InChI=1S/C24H30O3S3/c1-5-23(2,3)22(25)27-14-15-28-21-12-8-19(9-13-21)24(29-16-17-30-24)18-6-10-20(26-4)11-7-18/h6-13H,5,14-17H2,1-4H3. The van der Waals surface area contributed by atoms with Crippen molar-refractivity contribution < 1.29 is 14.3 Å². The Bertz CT molecular complexity index is 826. The van der Waals surface area contributed by atoms with Crippen LogP contribution in [-0.4, -0.2) is 36.9 Å². The van der Waals surface area contributed by atoms with Crippen molar-refractivity contribution in [1.29, 1.82) is 0 Å². The number of methoxy groups -OCH3 is 1. The molecule has 0 aromatic heterocycles. The summed E-state index contributed by atoms with van der Waals surface area (Å²) in [5, 5.41) is 0. The smallest absolute Gasteiger partial charge is 0.311 e. The monoisotopic (exact) mass is 462 g/mol. The van der Waals surface area contributed by atoms with Gasteiger partial charge in [0, 0.05) is 22.2 Å². The van der Waals surface area contributed by atoms with Crippen LogP contribution in [0.15, 0.2) is 53.4 Å². The molecular formula is C24H30O3S3. The first-order chi connectivity index (χ1) is 14.4. The molecule has 0 bridgehead atoms. The van der Waals surface area contributed by atoms with Gasteiger partial charge in [0.05, 0.1) is 12.5 Å². The third-order valence-electron chi connectivity index (χ3n) is 5.42. The van der Waals surface area contributed by atoms with Crippen LogP contribution in [0.3, 0.4) is 0 Å². The van der Waals surface area contributed by atoms with Gasteiger partial charge in [-0.25, -0.2) is 0 Å². The minimum Gasteiger partial charge on any atom is -0.497 e. The van der Waals surface area contributed by atoms with Gasteiger partial charge in [0.15, 0.2) is 0 Å². The molecule has 3 nitrogen and oxygen atoms in total. The van der Waals surface area contributed by atoms with Crippen molar-refractivity contribution in [2.75, 3.05) is 31.0 Å². The summed E-state index contributed by atoms with van der Waals surface area (Å²) in [5.41, 5.74) is 2.22. The number of thioether (sulfide) groups is 3. The number of ether oxygens (including phenoxy) is 2. The molecule has 0 aliphatic carbocycles. The highest BCUT2D eigenvalue weighted by molar-refractivity contribution is 8.20. The van der Waals surface area contributed by atoms with E-state index >= 15 is 0 Å². The van der Waals surface area contributed by atoms with Gasteiger partial charge in [-0.2, -0.15) is 0 Å². The first kappa shape index (κ1) is 23.4. The highest BCUT2D eigenvalue weighted by Crippen LogP contribution is 2.56. The summed E-state index contributed by atoms with van der Waals surface area (Å²) in [6.07, 6.45) is 0.784. The molecule has 0 N–H and O–H groups in total. The van der Waals surface area contributed by atoms with E-state index in [1.807, 2.05) is 56.4 Å². The molecule has 1 heterocycles. The van der Waals surface area contributed by atoms with Crippen LogP contribution in [0, 0.1) is 5.41 Å². The highest BCUT2D eigenvalue weighted by Gasteiger charge is 2.39. The summed E-state index contributed by atoms with van der Waals surface area (Å²) in [5.74, 6) is 3.83. The highest BCUT2D eigenvalue weighted by atomic mass is 32.2. The maximum atomic E-state index is 12.1. The lowest BCUT2D eigenvalue weighted by atomic mass is 9.91. The second-order valence-corrected chi connectivity index (χ2v) is 11.8. The Morgan fingerprint density at radius 1 is 1.03 bits per heavy atom. The Morgan fingerprint density at radius 2 is 1.60 bits per heavy atom. The van der Waals surface area contributed by atoms with Crippen LogP contribution in [0.2, 0.25) is 0 Å². The van der Waals surface area contributed by atoms with E-state index in [9.17, 15) is 4.79 Å². The van der Waals surface area contributed by atoms with E-state index in [-0.39, 0.29) is 10.0 Å². The lowest BCUT2D eigenvalue weighted by molar-refractivity contribution is -0.153. The van der Waals surface area contributed by atoms with E-state index < -0.39 is 5.41 Å². The van der Waals surface area contributed by atoms with Crippen LogP contribution < -0.4 is 4.74 Å². The van der Waals surface area contributed by atoms with Crippen molar-refractivity contribution in [3.05, 3.63) is 59.7 Å². The molecule has 6 heteroatoms. The molecule has 1 aliphatic rings. The maximum Gasteiger partial charge on any atom is 0.311 e. The number of carbonyl (C=O) groups is 1. The van der Waals surface area contributed by atoms with Gasteiger partial charge in [0.1, 0.15) is 16.4 Å². The summed E-state index contributed by atoms with van der Waals surface area (Å²) in [6.45, 7) is 6.31. The fourth-order valence-electron chi connectivity index (χ4n) is 3.13. The molecule has 0 amide bonds. The molecule has 1 saturated heterocycles. The number of esters is 1. The van der Waals surface area contributed by atoms with Gasteiger partial charge in [0.25, 0.3) is 0 Å². The molecular weight excluding hydrogens is 432 g/mol. The Labute approximate surface area is 193 Å². The van der Waals surface area contributed by atoms with Crippen LogP contribution in [0.4, 0.5) is 0 Å². The number of hydrogen-bond acceptors (Lipinski definition) is 6. The average molecular weight is 463 g/mol. The second-order valence-electron chi connectivity index (χ2n) is 7.79. The molecule has 0 saturated carbocycles. The molecule has 1 fully saturated rings. The zero-order valence-electron chi connectivity index (χ0n) is 18.1. The SMILES string of the molecule is CCC(C)(C)C(=O)OCCSc1ccc(C2(c3ccc(OC)cc3)SCCS2)cc1. The zero-order chi connectivity index (χ0) is 21.6. The normalized spacial score (nSPS) is 15.7. The van der Waals surface area contributed by atoms with Gasteiger partial charge in [0.2, 0.25) is 0 Å². The average Bonchev–Trinajstić information content (AvgIpc) is 3.28. The summed E-state index contributed by atoms with van der Waals surface area (Å²) in [7, 11) is 1.70. The third-order valence-corrected chi connectivity index (χ3v) is 9.93. The van der Waals surface area contributed by atoms with Crippen molar-refractivity contribution in [1.82, 2.24) is 0 Å². The van der Waals surface area contributed by atoms with Gasteiger partial charge in [-0.1, -0.05) is 31.2 Å². The molecule has 3 rings (SSSR count). The maximum absolute atomic E-state index is 12.1. The first-order valence-corrected chi connectivity index (χ1v) is 13.2. The Balaban J connectivity index is 1.63. The van der Waals surface area contributed by atoms with Crippen LogP contribution in [0.25, 0.3) is 0 Å². The number of carbonyl (C=O) groups excluding carboxylic acids is 1. The van der Waals surface area contributed by atoms with E-state index in [0.717, 1.165) is 29.4 Å². The summed E-state index contributed by atoms with van der Waals surface area (Å²) >= 11 is 5.73. The molecule has 2 aromatic carbocycles. The molecule has 0 atom stereocenters. The predicted octanol–water partition coefficient (Wildman–Crippen LogP) is 6.45. The zero-order valence-corrected chi connectivity index (χ0v) is 20.6. The topological polar surface area (TPSA) is 35.5 Å². The molecule has 0 radical (unpaired) electrons. The van der Waals surface area contributed by atoms with Gasteiger partial charge in [-0.15, -0.1) is 35.3 Å². The number of benzene rings is 2. The van der Waals surface area contributed by atoms with Crippen LogP contribution >= 0.6 is 35.3 Å². The minimum atomic E-state index is -0.404. The van der Waals surface area contributed by atoms with Gasteiger partial charge in [-0.3, -0.25) is 4.79 Å². The van der Waals surface area contributed by atoms with Crippen molar-refractivity contribution in [2.45, 2.75) is 36.2 Å². The van der Waals surface area contributed by atoms with Crippen LogP contribution in [0.5, 0.6) is 5.75 Å².